The van der Waals surface area contributed by atoms with E-state index in [0.29, 0.717) is 0 Å². The summed E-state index contributed by atoms with van der Waals surface area (Å²) in [4.78, 5) is 4.31. The molecule has 0 unspecified atom stereocenters. The molecular weight excluding hydrogens is 184 g/mol. The van der Waals surface area contributed by atoms with Gasteiger partial charge in [0.05, 0.1) is 0 Å². The molecule has 0 spiro atoms. The van der Waals surface area contributed by atoms with E-state index in [1.54, 1.807) is 0 Å². The maximum absolute atomic E-state index is 4.31. The van der Waals surface area contributed by atoms with E-state index in [2.05, 4.69) is 34.6 Å². The van der Waals surface area contributed by atoms with E-state index < -0.39 is 0 Å². The van der Waals surface area contributed by atoms with Crippen LogP contribution in [-0.4, -0.2) is 12.0 Å². The van der Waals surface area contributed by atoms with Gasteiger partial charge in [0.2, 0.25) is 0 Å². The van der Waals surface area contributed by atoms with Crippen LogP contribution in [0.25, 0.3) is 0 Å². The minimum Gasteiger partial charge on any atom is -0.388 e. The predicted molar refractivity (Wildman–Crippen MR) is 63.0 cm³/mol. The Labute approximate surface area is 90.0 Å². The first-order chi connectivity index (χ1) is 7.38. The molecule has 0 saturated heterocycles. The molecule has 0 atom stereocenters. The van der Waals surface area contributed by atoms with Crippen molar-refractivity contribution < 1.29 is 0 Å². The molecule has 0 radical (unpaired) electrons. The van der Waals surface area contributed by atoms with Crippen LogP contribution in [0.3, 0.4) is 0 Å². The van der Waals surface area contributed by atoms with Gasteiger partial charge in [-0.05, 0) is 29.8 Å². The largest absolute Gasteiger partial charge is 0.388 e. The summed E-state index contributed by atoms with van der Waals surface area (Å²) in [7, 11) is 1.93. The highest BCUT2D eigenvalue weighted by molar-refractivity contribution is 5.45. The lowest BCUT2D eigenvalue weighted by Gasteiger charge is -2.04. The summed E-state index contributed by atoms with van der Waals surface area (Å²) in [6, 6.07) is 14.4. The van der Waals surface area contributed by atoms with Crippen LogP contribution in [0.5, 0.6) is 0 Å². The number of benzene rings is 1. The predicted octanol–water partition coefficient (Wildman–Crippen LogP) is 2.71. The molecule has 1 heterocycles. The van der Waals surface area contributed by atoms with E-state index in [1.165, 1.54) is 5.56 Å². The van der Waals surface area contributed by atoms with Crippen molar-refractivity contribution in [2.24, 2.45) is 0 Å². The number of hydrogen-bond donors (Lipinski definition) is 1. The molecule has 2 nitrogen and oxygen atoms in total. The van der Waals surface area contributed by atoms with Gasteiger partial charge in [-0.3, -0.25) is 4.98 Å². The van der Waals surface area contributed by atoms with Gasteiger partial charge in [-0.15, -0.1) is 0 Å². The van der Waals surface area contributed by atoms with Crippen LogP contribution >= 0.6 is 0 Å². The van der Waals surface area contributed by atoms with Gasteiger partial charge in [0.1, 0.15) is 0 Å². The van der Waals surface area contributed by atoms with Gasteiger partial charge in [0.15, 0.2) is 0 Å². The summed E-state index contributed by atoms with van der Waals surface area (Å²) >= 11 is 0. The summed E-state index contributed by atoms with van der Waals surface area (Å²) in [6.45, 7) is 0. The Hall–Kier alpha value is -1.83. The molecule has 1 N–H and O–H groups in total. The van der Waals surface area contributed by atoms with E-state index in [1.807, 2.05) is 31.4 Å². The molecule has 0 aliphatic heterocycles. The molecule has 0 fully saturated rings. The van der Waals surface area contributed by atoms with Gasteiger partial charge in [0, 0.05) is 31.0 Å². The van der Waals surface area contributed by atoms with Crippen LogP contribution in [0.2, 0.25) is 0 Å². The first-order valence-corrected chi connectivity index (χ1v) is 5.05. The maximum atomic E-state index is 4.31. The Morgan fingerprint density at radius 1 is 1.13 bits per heavy atom. The van der Waals surface area contributed by atoms with Gasteiger partial charge in [-0.1, -0.05) is 18.2 Å². The van der Waals surface area contributed by atoms with Gasteiger partial charge in [0.25, 0.3) is 0 Å². The average molecular weight is 198 g/mol. The Morgan fingerprint density at radius 3 is 2.80 bits per heavy atom. The molecule has 0 aliphatic carbocycles. The van der Waals surface area contributed by atoms with Crippen molar-refractivity contribution in [1.82, 2.24) is 4.98 Å². The highest BCUT2D eigenvalue weighted by Gasteiger charge is 1.97. The number of anilines is 1. The molecule has 0 bridgehead atoms. The number of pyridine rings is 1. The minimum atomic E-state index is 0.885. The van der Waals surface area contributed by atoms with Crippen LogP contribution in [-0.2, 0) is 6.42 Å². The van der Waals surface area contributed by atoms with Gasteiger partial charge >= 0.3 is 0 Å². The average Bonchev–Trinajstić information content (AvgIpc) is 2.31. The second-order valence-corrected chi connectivity index (χ2v) is 3.45. The van der Waals surface area contributed by atoms with Crippen molar-refractivity contribution in [1.29, 1.82) is 0 Å². The zero-order valence-electron chi connectivity index (χ0n) is 8.77. The molecule has 2 aromatic rings. The minimum absolute atomic E-state index is 0.885. The third-order valence-electron chi connectivity index (χ3n) is 2.33. The summed E-state index contributed by atoms with van der Waals surface area (Å²) in [5, 5.41) is 3.13. The Balaban J connectivity index is 2.17. The van der Waals surface area contributed by atoms with Crippen LogP contribution in [0.1, 0.15) is 11.3 Å². The third-order valence-corrected chi connectivity index (χ3v) is 2.33. The van der Waals surface area contributed by atoms with Crippen LogP contribution in [0.15, 0.2) is 48.7 Å². The van der Waals surface area contributed by atoms with Crippen LogP contribution < -0.4 is 5.32 Å². The molecule has 0 saturated carbocycles. The number of nitrogens with zero attached hydrogens (tertiary/aromatic N) is 1. The quantitative estimate of drug-likeness (QED) is 0.820. The first kappa shape index (κ1) is 9.71. The molecule has 15 heavy (non-hydrogen) atoms. The van der Waals surface area contributed by atoms with Gasteiger partial charge < -0.3 is 5.32 Å². The summed E-state index contributed by atoms with van der Waals surface area (Å²) in [5.74, 6) is 0. The Bertz CT molecular complexity index is 424. The highest BCUT2D eigenvalue weighted by Crippen LogP contribution is 2.12. The van der Waals surface area contributed by atoms with Crippen molar-refractivity contribution >= 4 is 5.69 Å². The fourth-order valence-corrected chi connectivity index (χ4v) is 1.55. The molecule has 2 heteroatoms. The lowest BCUT2D eigenvalue weighted by atomic mass is 10.1. The Kier molecular flexibility index (Phi) is 2.98. The Morgan fingerprint density at radius 2 is 2.07 bits per heavy atom. The highest BCUT2D eigenvalue weighted by atomic mass is 14.8. The monoisotopic (exact) mass is 198 g/mol. The smallest absolute Gasteiger partial charge is 0.0447 e. The fraction of sp³-hybridized carbons (Fsp3) is 0.154. The van der Waals surface area contributed by atoms with E-state index in [4.69, 9.17) is 0 Å². The molecule has 0 aliphatic rings. The van der Waals surface area contributed by atoms with Crippen molar-refractivity contribution in [3.63, 3.8) is 0 Å². The molecule has 2 rings (SSSR count). The van der Waals surface area contributed by atoms with Crippen molar-refractivity contribution in [3.05, 3.63) is 59.9 Å². The van der Waals surface area contributed by atoms with E-state index in [9.17, 15) is 0 Å². The summed E-state index contributed by atoms with van der Waals surface area (Å²) < 4.78 is 0. The van der Waals surface area contributed by atoms with Gasteiger partial charge in [-0.25, -0.2) is 0 Å². The van der Waals surface area contributed by atoms with Crippen molar-refractivity contribution in [2.45, 2.75) is 6.42 Å². The van der Waals surface area contributed by atoms with E-state index in [0.717, 1.165) is 17.8 Å². The van der Waals surface area contributed by atoms with E-state index >= 15 is 0 Å². The van der Waals surface area contributed by atoms with Crippen molar-refractivity contribution in [2.75, 3.05) is 12.4 Å². The standard InChI is InChI=1S/C13H14N2/c1-14-12-7-4-5-11(9-12)10-13-6-2-3-8-15-13/h2-9,14H,10H2,1H3. The lowest BCUT2D eigenvalue weighted by Crippen LogP contribution is -1.93. The lowest BCUT2D eigenvalue weighted by molar-refractivity contribution is 1.07. The second kappa shape index (κ2) is 4.60. The number of nitrogens with one attached hydrogen (secondary N) is 1. The number of aromatic nitrogens is 1. The van der Waals surface area contributed by atoms with E-state index in [-0.39, 0.29) is 0 Å². The third kappa shape index (κ3) is 2.56. The van der Waals surface area contributed by atoms with Gasteiger partial charge in [-0.2, -0.15) is 0 Å². The fourth-order valence-electron chi connectivity index (χ4n) is 1.55. The normalized spacial score (nSPS) is 9.93. The SMILES string of the molecule is CNc1cccc(Cc2ccccn2)c1. The molecule has 1 aromatic heterocycles. The van der Waals surface area contributed by atoms with Crippen molar-refractivity contribution in [3.8, 4) is 0 Å². The second-order valence-electron chi connectivity index (χ2n) is 3.45. The topological polar surface area (TPSA) is 24.9 Å². The van der Waals surface area contributed by atoms with Crippen LogP contribution in [0, 0.1) is 0 Å². The molecular formula is C13H14N2. The maximum Gasteiger partial charge on any atom is 0.0447 e. The zero-order valence-corrected chi connectivity index (χ0v) is 8.77. The molecule has 76 valence electrons. The van der Waals surface area contributed by atoms with Crippen LogP contribution in [0.4, 0.5) is 5.69 Å². The molecule has 0 amide bonds. The summed E-state index contributed by atoms with van der Waals surface area (Å²) in [6.07, 6.45) is 2.72. The first-order valence-electron chi connectivity index (χ1n) is 5.05. The zero-order chi connectivity index (χ0) is 10.5. The number of hydrogen-bond acceptors (Lipinski definition) is 2. The number of rotatable bonds is 3. The molecule has 1 aromatic carbocycles. The summed E-state index contributed by atoms with van der Waals surface area (Å²) in [5.41, 5.74) is 3.52.